The van der Waals surface area contributed by atoms with Crippen LogP contribution >= 0.6 is 0 Å². The van der Waals surface area contributed by atoms with Crippen molar-refractivity contribution < 1.29 is 13.7 Å². The van der Waals surface area contributed by atoms with Gasteiger partial charge in [-0.15, -0.1) is 0 Å². The van der Waals surface area contributed by atoms with Crippen LogP contribution in [0.25, 0.3) is 0 Å². The molecule has 0 aliphatic carbocycles. The van der Waals surface area contributed by atoms with Crippen LogP contribution < -0.4 is 4.74 Å². The second kappa shape index (κ2) is 8.26. The zero-order valence-corrected chi connectivity index (χ0v) is 14.1. The fourth-order valence-corrected chi connectivity index (χ4v) is 2.90. The SMILES string of the molecule is Cc1cc(CN2CCN(CCCOc3ccc(F)cc3)CC2)no1. The lowest BCUT2D eigenvalue weighted by Crippen LogP contribution is -2.46. The molecule has 1 aromatic carbocycles. The van der Waals surface area contributed by atoms with Gasteiger partial charge >= 0.3 is 0 Å². The van der Waals surface area contributed by atoms with Crippen molar-refractivity contribution in [2.24, 2.45) is 0 Å². The quantitative estimate of drug-likeness (QED) is 0.729. The molecule has 1 saturated heterocycles. The molecule has 1 aliphatic rings. The molecule has 0 amide bonds. The molecule has 1 aliphatic heterocycles. The number of rotatable bonds is 7. The first-order valence-electron chi connectivity index (χ1n) is 8.44. The van der Waals surface area contributed by atoms with Crippen molar-refractivity contribution in [2.75, 3.05) is 39.3 Å². The van der Waals surface area contributed by atoms with Gasteiger partial charge < -0.3 is 14.2 Å². The van der Waals surface area contributed by atoms with Crippen LogP contribution in [0.2, 0.25) is 0 Å². The third-order valence-electron chi connectivity index (χ3n) is 4.23. The van der Waals surface area contributed by atoms with Crippen LogP contribution in [0.1, 0.15) is 17.9 Å². The maximum atomic E-state index is 12.8. The number of ether oxygens (including phenoxy) is 1. The lowest BCUT2D eigenvalue weighted by molar-refractivity contribution is 0.119. The second-order valence-electron chi connectivity index (χ2n) is 6.20. The lowest BCUT2D eigenvalue weighted by Gasteiger charge is -2.34. The Morgan fingerprint density at radius 1 is 1.12 bits per heavy atom. The average Bonchev–Trinajstić information content (AvgIpc) is 3.00. The summed E-state index contributed by atoms with van der Waals surface area (Å²) >= 11 is 0. The van der Waals surface area contributed by atoms with E-state index < -0.39 is 0 Å². The smallest absolute Gasteiger partial charge is 0.133 e. The highest BCUT2D eigenvalue weighted by atomic mass is 19.1. The molecular formula is C18H24FN3O2. The Hall–Kier alpha value is -1.92. The van der Waals surface area contributed by atoms with Gasteiger partial charge in [0.1, 0.15) is 17.3 Å². The Morgan fingerprint density at radius 2 is 1.83 bits per heavy atom. The predicted molar refractivity (Wildman–Crippen MR) is 89.5 cm³/mol. The third-order valence-corrected chi connectivity index (χ3v) is 4.23. The molecule has 0 N–H and O–H groups in total. The summed E-state index contributed by atoms with van der Waals surface area (Å²) in [5.74, 6) is 1.36. The van der Waals surface area contributed by atoms with Gasteiger partial charge in [-0.1, -0.05) is 5.16 Å². The van der Waals surface area contributed by atoms with Crippen LogP contribution in [0.5, 0.6) is 5.75 Å². The van der Waals surface area contributed by atoms with Gasteiger partial charge in [0.2, 0.25) is 0 Å². The first kappa shape index (κ1) is 16.9. The molecule has 6 heteroatoms. The summed E-state index contributed by atoms with van der Waals surface area (Å²) in [7, 11) is 0. The number of hydrogen-bond donors (Lipinski definition) is 0. The summed E-state index contributed by atoms with van der Waals surface area (Å²) in [5.41, 5.74) is 1.01. The number of benzene rings is 1. The lowest BCUT2D eigenvalue weighted by atomic mass is 10.2. The van der Waals surface area contributed by atoms with E-state index in [-0.39, 0.29) is 5.82 Å². The van der Waals surface area contributed by atoms with Crippen LogP contribution in [0.3, 0.4) is 0 Å². The average molecular weight is 333 g/mol. The minimum atomic E-state index is -0.235. The van der Waals surface area contributed by atoms with Crippen molar-refractivity contribution >= 4 is 0 Å². The largest absolute Gasteiger partial charge is 0.494 e. The fourth-order valence-electron chi connectivity index (χ4n) is 2.90. The van der Waals surface area contributed by atoms with Crippen molar-refractivity contribution in [1.82, 2.24) is 15.0 Å². The van der Waals surface area contributed by atoms with Gasteiger partial charge in [-0.05, 0) is 37.6 Å². The van der Waals surface area contributed by atoms with E-state index in [4.69, 9.17) is 9.26 Å². The molecule has 24 heavy (non-hydrogen) atoms. The molecule has 2 aromatic rings. The van der Waals surface area contributed by atoms with Crippen LogP contribution in [-0.4, -0.2) is 54.3 Å². The highest BCUT2D eigenvalue weighted by molar-refractivity contribution is 5.21. The van der Waals surface area contributed by atoms with E-state index in [1.165, 1.54) is 12.1 Å². The van der Waals surface area contributed by atoms with E-state index in [1.54, 1.807) is 12.1 Å². The molecule has 2 heterocycles. The maximum Gasteiger partial charge on any atom is 0.133 e. The highest BCUT2D eigenvalue weighted by Gasteiger charge is 2.17. The van der Waals surface area contributed by atoms with Gasteiger partial charge in [0.15, 0.2) is 0 Å². The minimum Gasteiger partial charge on any atom is -0.494 e. The van der Waals surface area contributed by atoms with E-state index >= 15 is 0 Å². The summed E-state index contributed by atoms with van der Waals surface area (Å²) in [6.45, 7) is 8.68. The topological polar surface area (TPSA) is 41.7 Å². The van der Waals surface area contributed by atoms with Gasteiger partial charge in [-0.25, -0.2) is 4.39 Å². The monoisotopic (exact) mass is 333 g/mol. The van der Waals surface area contributed by atoms with Crippen LogP contribution in [0, 0.1) is 12.7 Å². The molecule has 0 bridgehead atoms. The number of halogens is 1. The first-order valence-corrected chi connectivity index (χ1v) is 8.44. The second-order valence-corrected chi connectivity index (χ2v) is 6.20. The van der Waals surface area contributed by atoms with E-state index in [2.05, 4.69) is 15.0 Å². The minimum absolute atomic E-state index is 0.235. The molecule has 0 radical (unpaired) electrons. The van der Waals surface area contributed by atoms with E-state index in [0.717, 1.165) is 62.9 Å². The summed E-state index contributed by atoms with van der Waals surface area (Å²) in [6, 6.07) is 8.18. The maximum absolute atomic E-state index is 12.8. The third kappa shape index (κ3) is 5.04. The predicted octanol–water partition coefficient (Wildman–Crippen LogP) is 2.71. The summed E-state index contributed by atoms with van der Waals surface area (Å²) < 4.78 is 23.6. The highest BCUT2D eigenvalue weighted by Crippen LogP contribution is 2.12. The molecule has 5 nitrogen and oxygen atoms in total. The van der Waals surface area contributed by atoms with E-state index in [0.29, 0.717) is 6.61 Å². The Labute approximate surface area is 142 Å². The van der Waals surface area contributed by atoms with Crippen LogP contribution in [0.15, 0.2) is 34.9 Å². The molecule has 0 saturated carbocycles. The van der Waals surface area contributed by atoms with Crippen molar-refractivity contribution in [2.45, 2.75) is 19.9 Å². The first-order chi connectivity index (χ1) is 11.7. The Balaban J connectivity index is 1.30. The Morgan fingerprint density at radius 3 is 2.50 bits per heavy atom. The Bertz CT molecular complexity index is 621. The van der Waals surface area contributed by atoms with Gasteiger partial charge in [0.25, 0.3) is 0 Å². The number of piperazine rings is 1. The van der Waals surface area contributed by atoms with Crippen molar-refractivity contribution in [3.8, 4) is 5.75 Å². The zero-order valence-electron chi connectivity index (χ0n) is 14.1. The van der Waals surface area contributed by atoms with E-state index in [9.17, 15) is 4.39 Å². The van der Waals surface area contributed by atoms with E-state index in [1.807, 2.05) is 13.0 Å². The fraction of sp³-hybridized carbons (Fsp3) is 0.500. The van der Waals surface area contributed by atoms with Gasteiger partial charge in [0.05, 0.1) is 12.3 Å². The van der Waals surface area contributed by atoms with Gasteiger partial charge in [-0.3, -0.25) is 4.90 Å². The number of aryl methyl sites for hydroxylation is 1. The Kier molecular flexibility index (Phi) is 5.82. The molecule has 0 spiro atoms. The molecule has 0 atom stereocenters. The standard InChI is InChI=1S/C18H24FN3O2/c1-15-13-17(20-24-15)14-22-10-8-21(9-11-22)7-2-12-23-18-5-3-16(19)4-6-18/h3-6,13H,2,7-12,14H2,1H3. The molecule has 3 rings (SSSR count). The van der Waals surface area contributed by atoms with Gasteiger partial charge in [-0.2, -0.15) is 0 Å². The van der Waals surface area contributed by atoms with Gasteiger partial charge in [0, 0.05) is 45.3 Å². The summed E-state index contributed by atoms with van der Waals surface area (Å²) in [4.78, 5) is 4.86. The molecular weight excluding hydrogens is 309 g/mol. The van der Waals surface area contributed by atoms with Crippen LogP contribution in [0.4, 0.5) is 4.39 Å². The molecule has 1 aromatic heterocycles. The van der Waals surface area contributed by atoms with Crippen molar-refractivity contribution in [1.29, 1.82) is 0 Å². The van der Waals surface area contributed by atoms with Crippen molar-refractivity contribution in [3.05, 3.63) is 47.6 Å². The normalized spacial score (nSPS) is 16.4. The summed E-state index contributed by atoms with van der Waals surface area (Å²) in [6.07, 6.45) is 0.972. The molecule has 0 unspecified atom stereocenters. The number of hydrogen-bond acceptors (Lipinski definition) is 5. The number of nitrogens with zero attached hydrogens (tertiary/aromatic N) is 3. The zero-order chi connectivity index (χ0) is 16.8. The van der Waals surface area contributed by atoms with Crippen molar-refractivity contribution in [3.63, 3.8) is 0 Å². The summed E-state index contributed by atoms with van der Waals surface area (Å²) in [5, 5.41) is 4.05. The number of aromatic nitrogens is 1. The van der Waals surface area contributed by atoms with Crippen LogP contribution in [-0.2, 0) is 6.54 Å². The molecule has 1 fully saturated rings. The molecule has 130 valence electrons.